The zero-order chi connectivity index (χ0) is 14.3. The molecule has 1 spiro atoms. The summed E-state index contributed by atoms with van der Waals surface area (Å²) >= 11 is 1.81. The van der Waals surface area contributed by atoms with Crippen LogP contribution in [0.3, 0.4) is 0 Å². The van der Waals surface area contributed by atoms with E-state index in [4.69, 9.17) is 9.47 Å². The van der Waals surface area contributed by atoms with Crippen LogP contribution in [-0.4, -0.2) is 43.2 Å². The van der Waals surface area contributed by atoms with Crippen molar-refractivity contribution in [3.63, 3.8) is 0 Å². The van der Waals surface area contributed by atoms with Gasteiger partial charge in [0.25, 0.3) is 5.91 Å². The largest absolute Gasteiger partial charge is 0.369 e. The van der Waals surface area contributed by atoms with Crippen LogP contribution in [0, 0.1) is 0 Å². The second-order valence-corrected chi connectivity index (χ2v) is 7.11. The highest BCUT2D eigenvalue weighted by Crippen LogP contribution is 2.44. The normalized spacial score (nSPS) is 27.8. The van der Waals surface area contributed by atoms with Gasteiger partial charge in [-0.05, 0) is 49.1 Å². The zero-order valence-electron chi connectivity index (χ0n) is 12.2. The van der Waals surface area contributed by atoms with Crippen molar-refractivity contribution in [2.45, 2.75) is 43.8 Å². The number of amides is 1. The van der Waals surface area contributed by atoms with E-state index < -0.39 is 0 Å². The highest BCUT2D eigenvalue weighted by atomic mass is 32.1. The molecule has 1 aromatic rings. The maximum absolute atomic E-state index is 12.4. The van der Waals surface area contributed by atoms with Crippen molar-refractivity contribution in [1.82, 2.24) is 4.90 Å². The Labute approximate surface area is 129 Å². The van der Waals surface area contributed by atoms with Crippen molar-refractivity contribution in [3.8, 4) is 0 Å². The third-order valence-corrected chi connectivity index (χ3v) is 6.14. The number of thiophene rings is 1. The molecule has 3 aliphatic heterocycles. The molecule has 1 aromatic heterocycles. The maximum Gasteiger partial charge on any atom is 0.251 e. The lowest BCUT2D eigenvalue weighted by molar-refractivity contribution is -0.149. The Morgan fingerprint density at radius 3 is 2.95 bits per heavy atom. The molecular weight excluding hydrogens is 286 g/mol. The van der Waals surface area contributed by atoms with E-state index in [1.165, 1.54) is 10.4 Å². The van der Waals surface area contributed by atoms with E-state index in [9.17, 15) is 4.79 Å². The molecule has 114 valence electrons. The van der Waals surface area contributed by atoms with E-state index in [1.54, 1.807) is 0 Å². The lowest BCUT2D eigenvalue weighted by Crippen LogP contribution is -2.50. The molecule has 4 rings (SSSR count). The Kier molecular flexibility index (Phi) is 3.52. The minimum Gasteiger partial charge on any atom is -0.369 e. The SMILES string of the molecule is O=C([C@H]1CCCO1)N1CCC2(CC1)OCCc1ccsc12. The first-order chi connectivity index (χ1) is 10.3. The number of hydrogen-bond donors (Lipinski definition) is 0. The summed E-state index contributed by atoms with van der Waals surface area (Å²) in [5, 5.41) is 2.17. The molecule has 21 heavy (non-hydrogen) atoms. The van der Waals surface area contributed by atoms with Crippen molar-refractivity contribution >= 4 is 17.2 Å². The summed E-state index contributed by atoms with van der Waals surface area (Å²) in [5.74, 6) is 0.185. The van der Waals surface area contributed by atoms with Crippen molar-refractivity contribution in [2.24, 2.45) is 0 Å². The average molecular weight is 307 g/mol. The van der Waals surface area contributed by atoms with Gasteiger partial charge < -0.3 is 14.4 Å². The van der Waals surface area contributed by atoms with Gasteiger partial charge in [0, 0.05) is 24.6 Å². The topological polar surface area (TPSA) is 38.8 Å². The van der Waals surface area contributed by atoms with E-state index in [-0.39, 0.29) is 17.6 Å². The van der Waals surface area contributed by atoms with Gasteiger partial charge >= 0.3 is 0 Å². The fraction of sp³-hybridized carbons (Fsp3) is 0.688. The summed E-state index contributed by atoms with van der Waals surface area (Å²) in [4.78, 5) is 15.8. The van der Waals surface area contributed by atoms with Gasteiger partial charge in [0.05, 0.1) is 6.61 Å². The Morgan fingerprint density at radius 1 is 1.33 bits per heavy atom. The third kappa shape index (κ3) is 2.31. The molecule has 2 saturated heterocycles. The minimum absolute atomic E-state index is 0.130. The number of carbonyl (C=O) groups excluding carboxylic acids is 1. The van der Waals surface area contributed by atoms with Crippen LogP contribution in [0.2, 0.25) is 0 Å². The molecule has 0 aromatic carbocycles. The number of piperidine rings is 1. The second kappa shape index (κ2) is 5.38. The first kappa shape index (κ1) is 13.7. The van der Waals surface area contributed by atoms with Crippen LogP contribution in [0.1, 0.15) is 36.1 Å². The highest BCUT2D eigenvalue weighted by Gasteiger charge is 2.43. The number of carbonyl (C=O) groups is 1. The van der Waals surface area contributed by atoms with Gasteiger partial charge in [-0.15, -0.1) is 11.3 Å². The Bertz CT molecular complexity index is 527. The molecule has 0 N–H and O–H groups in total. The monoisotopic (exact) mass is 307 g/mol. The van der Waals surface area contributed by atoms with Crippen LogP contribution < -0.4 is 0 Å². The molecule has 0 aliphatic carbocycles. The van der Waals surface area contributed by atoms with E-state index in [1.807, 2.05) is 16.2 Å². The summed E-state index contributed by atoms with van der Waals surface area (Å²) < 4.78 is 11.7. The summed E-state index contributed by atoms with van der Waals surface area (Å²) in [6.45, 7) is 3.12. The average Bonchev–Trinajstić information content (AvgIpc) is 3.19. The van der Waals surface area contributed by atoms with Gasteiger partial charge in [0.15, 0.2) is 0 Å². The maximum atomic E-state index is 12.4. The van der Waals surface area contributed by atoms with E-state index in [2.05, 4.69) is 11.4 Å². The van der Waals surface area contributed by atoms with E-state index in [0.29, 0.717) is 0 Å². The summed E-state index contributed by atoms with van der Waals surface area (Å²) in [5.41, 5.74) is 1.32. The van der Waals surface area contributed by atoms with E-state index >= 15 is 0 Å². The van der Waals surface area contributed by atoms with Crippen LogP contribution in [0.15, 0.2) is 11.4 Å². The Balaban J connectivity index is 1.47. The first-order valence-electron chi connectivity index (χ1n) is 7.90. The van der Waals surface area contributed by atoms with Gasteiger partial charge in [-0.25, -0.2) is 0 Å². The van der Waals surface area contributed by atoms with Crippen LogP contribution in [0.25, 0.3) is 0 Å². The zero-order valence-corrected chi connectivity index (χ0v) is 13.0. The van der Waals surface area contributed by atoms with Crippen molar-refractivity contribution in [2.75, 3.05) is 26.3 Å². The third-order valence-electron chi connectivity index (χ3n) is 5.00. The lowest BCUT2D eigenvalue weighted by atomic mass is 9.85. The fourth-order valence-corrected chi connectivity index (χ4v) is 4.96. The smallest absolute Gasteiger partial charge is 0.251 e. The van der Waals surface area contributed by atoms with Gasteiger partial charge in [0.1, 0.15) is 11.7 Å². The van der Waals surface area contributed by atoms with Crippen molar-refractivity contribution in [1.29, 1.82) is 0 Å². The molecular formula is C16H21NO3S. The van der Waals surface area contributed by atoms with Crippen LogP contribution >= 0.6 is 11.3 Å². The standard InChI is InChI=1S/C16H21NO3S/c18-15(13-2-1-9-19-13)17-7-5-16(6-8-17)14-12(3-10-20-16)4-11-21-14/h4,11,13H,1-3,5-10H2/t13-/m1/s1. The molecule has 1 amide bonds. The molecule has 5 heteroatoms. The fourth-order valence-electron chi connectivity index (χ4n) is 3.79. The number of rotatable bonds is 1. The molecule has 0 saturated carbocycles. The van der Waals surface area contributed by atoms with Crippen molar-refractivity contribution < 1.29 is 14.3 Å². The molecule has 0 bridgehead atoms. The second-order valence-electron chi connectivity index (χ2n) is 6.19. The summed E-state index contributed by atoms with van der Waals surface area (Å²) in [7, 11) is 0. The van der Waals surface area contributed by atoms with Gasteiger partial charge in [-0.3, -0.25) is 4.79 Å². The molecule has 4 heterocycles. The predicted octanol–water partition coefficient (Wildman–Crippen LogP) is 2.32. The minimum atomic E-state index is -0.191. The van der Waals surface area contributed by atoms with Gasteiger partial charge in [-0.2, -0.15) is 0 Å². The predicted molar refractivity (Wildman–Crippen MR) is 80.4 cm³/mol. The quantitative estimate of drug-likeness (QED) is 0.799. The lowest BCUT2D eigenvalue weighted by Gasteiger charge is -2.44. The Morgan fingerprint density at radius 2 is 2.19 bits per heavy atom. The summed E-state index contributed by atoms with van der Waals surface area (Å²) in [6.07, 6.45) is 4.56. The van der Waals surface area contributed by atoms with Crippen molar-refractivity contribution in [3.05, 3.63) is 21.9 Å². The first-order valence-corrected chi connectivity index (χ1v) is 8.78. The van der Waals surface area contributed by atoms with Gasteiger partial charge in [0.2, 0.25) is 0 Å². The number of nitrogens with zero attached hydrogens (tertiary/aromatic N) is 1. The molecule has 2 fully saturated rings. The number of ether oxygens (including phenoxy) is 2. The van der Waals surface area contributed by atoms with Gasteiger partial charge in [-0.1, -0.05) is 0 Å². The molecule has 4 nitrogen and oxygen atoms in total. The molecule has 3 aliphatic rings. The highest BCUT2D eigenvalue weighted by molar-refractivity contribution is 7.10. The number of hydrogen-bond acceptors (Lipinski definition) is 4. The molecule has 1 atom stereocenters. The van der Waals surface area contributed by atoms with Crippen LogP contribution in [-0.2, 0) is 26.3 Å². The number of likely N-dealkylation sites (tertiary alicyclic amines) is 1. The summed E-state index contributed by atoms with van der Waals surface area (Å²) in [6, 6.07) is 2.23. The van der Waals surface area contributed by atoms with Crippen LogP contribution in [0.5, 0.6) is 0 Å². The Hall–Kier alpha value is -0.910. The van der Waals surface area contributed by atoms with E-state index in [0.717, 1.165) is 58.4 Å². The van der Waals surface area contributed by atoms with Crippen LogP contribution in [0.4, 0.5) is 0 Å². The molecule has 0 unspecified atom stereocenters. The molecule has 0 radical (unpaired) electrons. The number of fused-ring (bicyclic) bond motifs is 2.